The van der Waals surface area contributed by atoms with Gasteiger partial charge in [0.05, 0.1) is 6.10 Å². The highest BCUT2D eigenvalue weighted by Gasteiger charge is 2.15. The van der Waals surface area contributed by atoms with Gasteiger partial charge < -0.3 is 10.0 Å². The Bertz CT molecular complexity index is 175. The largest absolute Gasteiger partial charge is 0.391 e. The second-order valence-electron chi connectivity index (χ2n) is 4.01. The van der Waals surface area contributed by atoms with Crippen molar-refractivity contribution in [2.24, 2.45) is 5.92 Å². The summed E-state index contributed by atoms with van der Waals surface area (Å²) < 4.78 is 0. The Morgan fingerprint density at radius 3 is 2.83 bits per heavy atom. The molecular formula is C10H19NO. The molecule has 1 unspecified atom stereocenters. The topological polar surface area (TPSA) is 23.5 Å². The second-order valence-corrected chi connectivity index (χ2v) is 4.01. The number of likely N-dealkylation sites (N-methyl/N-ethyl adjacent to an activating group) is 1. The van der Waals surface area contributed by atoms with Gasteiger partial charge >= 0.3 is 0 Å². The van der Waals surface area contributed by atoms with E-state index in [9.17, 15) is 5.11 Å². The van der Waals surface area contributed by atoms with Gasteiger partial charge in [-0.15, -0.1) is 0 Å². The molecule has 1 aliphatic heterocycles. The van der Waals surface area contributed by atoms with Gasteiger partial charge in [0.15, 0.2) is 0 Å². The summed E-state index contributed by atoms with van der Waals surface area (Å²) in [6.45, 7) is 6.14. The van der Waals surface area contributed by atoms with Crippen LogP contribution in [0.5, 0.6) is 0 Å². The molecule has 2 nitrogen and oxygen atoms in total. The third-order valence-electron chi connectivity index (χ3n) is 2.40. The van der Waals surface area contributed by atoms with Crippen LogP contribution in [0.1, 0.15) is 20.3 Å². The summed E-state index contributed by atoms with van der Waals surface area (Å²) >= 11 is 0. The Labute approximate surface area is 74.9 Å². The molecule has 0 fully saturated rings. The zero-order valence-corrected chi connectivity index (χ0v) is 8.25. The average Bonchev–Trinajstić information content (AvgIpc) is 2.11. The minimum atomic E-state index is -0.175. The van der Waals surface area contributed by atoms with Crippen LogP contribution in [0.3, 0.4) is 0 Å². The quantitative estimate of drug-likeness (QED) is 0.597. The standard InChI is InChI=1S/C10H19NO/c1-8(2)9-4-5-11(3)7-10(12)6-9/h4,8,10,12H,5-7H2,1-3H3. The third kappa shape index (κ3) is 2.61. The van der Waals surface area contributed by atoms with Crippen molar-refractivity contribution in [3.05, 3.63) is 11.6 Å². The lowest BCUT2D eigenvalue weighted by molar-refractivity contribution is 0.134. The van der Waals surface area contributed by atoms with E-state index in [1.54, 1.807) is 0 Å². The third-order valence-corrected chi connectivity index (χ3v) is 2.40. The van der Waals surface area contributed by atoms with Crippen molar-refractivity contribution in [1.82, 2.24) is 4.90 Å². The number of rotatable bonds is 1. The fraction of sp³-hybridized carbons (Fsp3) is 0.800. The molecule has 0 aromatic carbocycles. The minimum absolute atomic E-state index is 0.175. The summed E-state index contributed by atoms with van der Waals surface area (Å²) in [5, 5.41) is 9.60. The highest BCUT2D eigenvalue weighted by atomic mass is 16.3. The van der Waals surface area contributed by atoms with Crippen LogP contribution in [-0.2, 0) is 0 Å². The van der Waals surface area contributed by atoms with E-state index in [1.165, 1.54) is 5.57 Å². The van der Waals surface area contributed by atoms with Crippen LogP contribution in [0.4, 0.5) is 0 Å². The van der Waals surface area contributed by atoms with E-state index in [4.69, 9.17) is 0 Å². The Balaban J connectivity index is 2.62. The van der Waals surface area contributed by atoms with Crippen LogP contribution in [0, 0.1) is 5.92 Å². The zero-order chi connectivity index (χ0) is 9.14. The molecule has 0 aromatic rings. The molecule has 0 amide bonds. The summed E-state index contributed by atoms with van der Waals surface area (Å²) in [5.41, 5.74) is 1.40. The van der Waals surface area contributed by atoms with Gasteiger partial charge in [-0.3, -0.25) is 0 Å². The van der Waals surface area contributed by atoms with Gasteiger partial charge in [0, 0.05) is 13.1 Å². The maximum Gasteiger partial charge on any atom is 0.0704 e. The van der Waals surface area contributed by atoms with Gasteiger partial charge in [0.25, 0.3) is 0 Å². The lowest BCUT2D eigenvalue weighted by Gasteiger charge is -2.15. The van der Waals surface area contributed by atoms with Crippen molar-refractivity contribution in [2.45, 2.75) is 26.4 Å². The first kappa shape index (κ1) is 9.75. The lowest BCUT2D eigenvalue weighted by atomic mass is 9.98. The SMILES string of the molecule is CC(C)C1=CCN(C)CC(O)C1. The second kappa shape index (κ2) is 4.06. The minimum Gasteiger partial charge on any atom is -0.391 e. The molecule has 0 saturated heterocycles. The van der Waals surface area contributed by atoms with Crippen LogP contribution in [0.15, 0.2) is 11.6 Å². The summed E-state index contributed by atoms with van der Waals surface area (Å²) in [6.07, 6.45) is 2.93. The Hall–Kier alpha value is -0.340. The van der Waals surface area contributed by atoms with Crippen molar-refractivity contribution in [3.63, 3.8) is 0 Å². The van der Waals surface area contributed by atoms with E-state index < -0.39 is 0 Å². The fourth-order valence-electron chi connectivity index (χ4n) is 1.60. The molecule has 0 aliphatic carbocycles. The number of aliphatic hydroxyl groups excluding tert-OH is 1. The smallest absolute Gasteiger partial charge is 0.0704 e. The van der Waals surface area contributed by atoms with Crippen molar-refractivity contribution in [2.75, 3.05) is 20.1 Å². The van der Waals surface area contributed by atoms with Gasteiger partial charge in [-0.2, -0.15) is 0 Å². The Kier molecular flexibility index (Phi) is 3.29. The molecule has 0 spiro atoms. The number of β-amino-alcohol motifs (C(OH)–C–C–N with tert-alkyl or cyclic N) is 1. The van der Waals surface area contributed by atoms with E-state index >= 15 is 0 Å². The summed E-state index contributed by atoms with van der Waals surface area (Å²) in [6, 6.07) is 0. The van der Waals surface area contributed by atoms with Crippen LogP contribution in [-0.4, -0.2) is 36.2 Å². The molecule has 1 rings (SSSR count). The highest BCUT2D eigenvalue weighted by molar-refractivity contribution is 5.09. The van der Waals surface area contributed by atoms with Gasteiger partial charge in [-0.05, 0) is 19.4 Å². The molecule has 1 aliphatic rings. The van der Waals surface area contributed by atoms with E-state index in [2.05, 4.69) is 24.8 Å². The van der Waals surface area contributed by atoms with Gasteiger partial charge in [-0.1, -0.05) is 25.5 Å². The van der Waals surface area contributed by atoms with Crippen LogP contribution in [0.2, 0.25) is 0 Å². The molecule has 1 N–H and O–H groups in total. The predicted octanol–water partition coefficient (Wildman–Crippen LogP) is 1.27. The Morgan fingerprint density at radius 1 is 1.58 bits per heavy atom. The van der Waals surface area contributed by atoms with Gasteiger partial charge in [0.1, 0.15) is 0 Å². The highest BCUT2D eigenvalue weighted by Crippen LogP contribution is 2.18. The van der Waals surface area contributed by atoms with E-state index in [1.807, 2.05) is 7.05 Å². The first-order valence-corrected chi connectivity index (χ1v) is 4.65. The zero-order valence-electron chi connectivity index (χ0n) is 8.25. The molecule has 0 saturated carbocycles. The lowest BCUT2D eigenvalue weighted by Crippen LogP contribution is -2.27. The maximum absolute atomic E-state index is 9.60. The average molecular weight is 169 g/mol. The van der Waals surface area contributed by atoms with Crippen molar-refractivity contribution >= 4 is 0 Å². The first-order chi connectivity index (χ1) is 5.59. The molecule has 70 valence electrons. The van der Waals surface area contributed by atoms with E-state index in [0.717, 1.165) is 19.5 Å². The van der Waals surface area contributed by atoms with E-state index in [-0.39, 0.29) is 6.10 Å². The molecule has 0 aromatic heterocycles. The maximum atomic E-state index is 9.60. The van der Waals surface area contributed by atoms with Crippen LogP contribution < -0.4 is 0 Å². The molecule has 1 atom stereocenters. The van der Waals surface area contributed by atoms with Crippen LogP contribution >= 0.6 is 0 Å². The molecule has 2 heteroatoms. The number of aliphatic hydroxyl groups is 1. The number of hydrogen-bond acceptors (Lipinski definition) is 2. The molecule has 0 bridgehead atoms. The van der Waals surface area contributed by atoms with Gasteiger partial charge in [-0.25, -0.2) is 0 Å². The Morgan fingerprint density at radius 2 is 2.25 bits per heavy atom. The van der Waals surface area contributed by atoms with Crippen molar-refractivity contribution in [1.29, 1.82) is 0 Å². The summed E-state index contributed by atoms with van der Waals surface area (Å²) in [7, 11) is 2.04. The molecule has 1 heterocycles. The monoisotopic (exact) mass is 169 g/mol. The predicted molar refractivity (Wildman–Crippen MR) is 51.0 cm³/mol. The van der Waals surface area contributed by atoms with Crippen molar-refractivity contribution < 1.29 is 5.11 Å². The number of nitrogens with zero attached hydrogens (tertiary/aromatic N) is 1. The van der Waals surface area contributed by atoms with Gasteiger partial charge in [0.2, 0.25) is 0 Å². The fourth-order valence-corrected chi connectivity index (χ4v) is 1.60. The van der Waals surface area contributed by atoms with E-state index in [0.29, 0.717) is 5.92 Å². The number of hydrogen-bond donors (Lipinski definition) is 1. The molecule has 12 heavy (non-hydrogen) atoms. The normalized spacial score (nSPS) is 27.1. The summed E-state index contributed by atoms with van der Waals surface area (Å²) in [5.74, 6) is 0.575. The van der Waals surface area contributed by atoms with Crippen LogP contribution in [0.25, 0.3) is 0 Å². The molecular weight excluding hydrogens is 150 g/mol. The molecule has 0 radical (unpaired) electrons. The first-order valence-electron chi connectivity index (χ1n) is 4.65. The van der Waals surface area contributed by atoms with Crippen molar-refractivity contribution in [3.8, 4) is 0 Å². The summed E-state index contributed by atoms with van der Waals surface area (Å²) in [4.78, 5) is 2.15.